The minimum atomic E-state index is -4.43. The summed E-state index contributed by atoms with van der Waals surface area (Å²) in [5.74, 6) is -0.163. The van der Waals surface area contributed by atoms with Gasteiger partial charge in [-0.05, 0) is 42.5 Å². The summed E-state index contributed by atoms with van der Waals surface area (Å²) in [5, 5.41) is 4.94. The van der Waals surface area contributed by atoms with E-state index in [-0.39, 0.29) is 11.6 Å². The summed E-state index contributed by atoms with van der Waals surface area (Å²) in [6.45, 7) is 1.72. The van der Waals surface area contributed by atoms with Gasteiger partial charge in [-0.25, -0.2) is 0 Å². The van der Waals surface area contributed by atoms with Crippen molar-refractivity contribution in [3.63, 3.8) is 0 Å². The van der Waals surface area contributed by atoms with Crippen molar-refractivity contribution in [3.05, 3.63) is 63.0 Å². The van der Waals surface area contributed by atoms with Gasteiger partial charge in [0.15, 0.2) is 5.11 Å². The molecule has 1 aliphatic rings. The first-order chi connectivity index (χ1) is 15.1. The second-order valence-corrected chi connectivity index (χ2v) is 9.43. The number of rotatable bonds is 2. The van der Waals surface area contributed by atoms with Crippen molar-refractivity contribution in [1.29, 1.82) is 0 Å². The Kier molecular flexibility index (Phi) is 6.53. The molecule has 3 aromatic rings. The fourth-order valence-corrected chi connectivity index (χ4v) is 5.47. The summed E-state index contributed by atoms with van der Waals surface area (Å²) in [4.78, 5) is 17.0. The Labute approximate surface area is 201 Å². The smallest absolute Gasteiger partial charge is 0.345 e. The third-order valence-electron chi connectivity index (χ3n) is 5.08. The second-order valence-electron chi connectivity index (χ2n) is 7.17. The summed E-state index contributed by atoms with van der Waals surface area (Å²) >= 11 is 19.1. The van der Waals surface area contributed by atoms with Gasteiger partial charge in [0.05, 0.1) is 10.6 Å². The number of halogens is 5. The average molecular weight is 518 g/mol. The van der Waals surface area contributed by atoms with Gasteiger partial charge in [-0.3, -0.25) is 4.79 Å². The number of hydrogen-bond donors (Lipinski definition) is 1. The minimum absolute atomic E-state index is 0.163. The minimum Gasteiger partial charge on any atom is -0.345 e. The predicted molar refractivity (Wildman–Crippen MR) is 127 cm³/mol. The number of thiophene rings is 1. The number of thiocarbonyl (C=S) groups is 1. The summed E-state index contributed by atoms with van der Waals surface area (Å²) in [6.07, 6.45) is -4.43. The van der Waals surface area contributed by atoms with E-state index in [1.807, 2.05) is 4.90 Å². The molecule has 4 nitrogen and oxygen atoms in total. The molecule has 2 aromatic carbocycles. The maximum atomic E-state index is 13.0. The average Bonchev–Trinajstić information content (AvgIpc) is 3.08. The van der Waals surface area contributed by atoms with E-state index in [1.165, 1.54) is 23.5 Å². The third kappa shape index (κ3) is 4.80. The molecule has 1 N–H and O–H groups in total. The molecule has 1 amide bonds. The van der Waals surface area contributed by atoms with E-state index < -0.39 is 11.7 Å². The van der Waals surface area contributed by atoms with Crippen LogP contribution in [0, 0.1) is 0 Å². The van der Waals surface area contributed by atoms with Crippen molar-refractivity contribution in [2.24, 2.45) is 0 Å². The van der Waals surface area contributed by atoms with Crippen LogP contribution >= 0.6 is 46.8 Å². The Balaban J connectivity index is 1.39. The van der Waals surface area contributed by atoms with E-state index in [1.54, 1.807) is 23.1 Å². The monoisotopic (exact) mass is 517 g/mol. The SMILES string of the molecule is O=C(c1sc2cc(Cl)ccc2c1Cl)N1CCN(C(=S)Nc2cccc(C(F)(F)F)c2)CC1. The zero-order chi connectivity index (χ0) is 23.0. The number of piperazine rings is 1. The van der Waals surface area contributed by atoms with Gasteiger partial charge >= 0.3 is 6.18 Å². The highest BCUT2D eigenvalue weighted by molar-refractivity contribution is 7.80. The maximum Gasteiger partial charge on any atom is 0.416 e. The number of carbonyl (C=O) groups excluding carboxylic acids is 1. The van der Waals surface area contributed by atoms with Crippen molar-refractivity contribution in [2.75, 3.05) is 31.5 Å². The number of anilines is 1. The Hall–Kier alpha value is -2.07. The van der Waals surface area contributed by atoms with Crippen molar-refractivity contribution in [2.45, 2.75) is 6.18 Å². The summed E-state index contributed by atoms with van der Waals surface area (Å²) in [7, 11) is 0. The number of nitrogens with zero attached hydrogens (tertiary/aromatic N) is 2. The zero-order valence-corrected chi connectivity index (χ0v) is 19.5. The molecule has 0 atom stereocenters. The molecule has 0 unspecified atom stereocenters. The van der Waals surface area contributed by atoms with Crippen LogP contribution in [0.4, 0.5) is 18.9 Å². The Morgan fingerprint density at radius 3 is 2.41 bits per heavy atom. The van der Waals surface area contributed by atoms with Crippen LogP contribution in [0.25, 0.3) is 10.1 Å². The summed E-state index contributed by atoms with van der Waals surface area (Å²) in [5.41, 5.74) is -0.485. The predicted octanol–water partition coefficient (Wildman–Crippen LogP) is 6.38. The molecule has 0 radical (unpaired) electrons. The molecule has 1 saturated heterocycles. The van der Waals surface area contributed by atoms with Gasteiger partial charge in [0.25, 0.3) is 5.91 Å². The number of benzene rings is 2. The Morgan fingerprint density at radius 1 is 1.03 bits per heavy atom. The molecule has 0 saturated carbocycles. The number of nitrogens with one attached hydrogen (secondary N) is 1. The van der Waals surface area contributed by atoms with Crippen LogP contribution in [0.1, 0.15) is 15.2 Å². The van der Waals surface area contributed by atoms with Gasteiger partial charge in [0.1, 0.15) is 4.88 Å². The molecule has 11 heteroatoms. The number of alkyl halides is 3. The lowest BCUT2D eigenvalue weighted by molar-refractivity contribution is -0.137. The van der Waals surface area contributed by atoms with E-state index in [0.717, 1.165) is 22.2 Å². The van der Waals surface area contributed by atoms with Crippen LogP contribution in [-0.2, 0) is 6.18 Å². The summed E-state index contributed by atoms with van der Waals surface area (Å²) < 4.78 is 39.6. The first-order valence-electron chi connectivity index (χ1n) is 9.53. The van der Waals surface area contributed by atoms with E-state index in [4.69, 9.17) is 35.4 Å². The molecule has 168 valence electrons. The van der Waals surface area contributed by atoms with Gasteiger partial charge in [-0.15, -0.1) is 11.3 Å². The van der Waals surface area contributed by atoms with Crippen LogP contribution in [0.15, 0.2) is 42.5 Å². The fourth-order valence-electron chi connectivity index (χ4n) is 3.41. The van der Waals surface area contributed by atoms with Crippen molar-refractivity contribution < 1.29 is 18.0 Å². The topological polar surface area (TPSA) is 35.6 Å². The highest BCUT2D eigenvalue weighted by Crippen LogP contribution is 2.37. The Bertz CT molecular complexity index is 1190. The van der Waals surface area contributed by atoms with Crippen LogP contribution in [0.2, 0.25) is 10.0 Å². The molecule has 1 aliphatic heterocycles. The lowest BCUT2D eigenvalue weighted by Crippen LogP contribution is -2.51. The molecule has 2 heterocycles. The number of carbonyl (C=O) groups is 1. The van der Waals surface area contributed by atoms with Gasteiger partial charge in [-0.2, -0.15) is 13.2 Å². The molecule has 0 spiro atoms. The second kappa shape index (κ2) is 9.05. The van der Waals surface area contributed by atoms with Crippen LogP contribution in [-0.4, -0.2) is 47.0 Å². The molecule has 0 bridgehead atoms. The number of amides is 1. The van der Waals surface area contributed by atoms with Crippen molar-refractivity contribution in [3.8, 4) is 0 Å². The van der Waals surface area contributed by atoms with Gasteiger partial charge in [-0.1, -0.05) is 35.3 Å². The normalized spacial score (nSPS) is 14.7. The lowest BCUT2D eigenvalue weighted by Gasteiger charge is -2.36. The van der Waals surface area contributed by atoms with Crippen molar-refractivity contribution in [1.82, 2.24) is 9.80 Å². The number of fused-ring (bicyclic) bond motifs is 1. The molecule has 32 heavy (non-hydrogen) atoms. The van der Waals surface area contributed by atoms with E-state index in [0.29, 0.717) is 46.2 Å². The molecule has 4 rings (SSSR count). The van der Waals surface area contributed by atoms with Crippen LogP contribution < -0.4 is 5.32 Å². The molecule has 0 aliphatic carbocycles. The van der Waals surface area contributed by atoms with E-state index in [9.17, 15) is 18.0 Å². The first-order valence-corrected chi connectivity index (χ1v) is 11.5. The number of hydrogen-bond acceptors (Lipinski definition) is 3. The summed E-state index contributed by atoms with van der Waals surface area (Å²) in [6, 6.07) is 10.2. The zero-order valence-electron chi connectivity index (χ0n) is 16.4. The van der Waals surface area contributed by atoms with E-state index >= 15 is 0 Å². The van der Waals surface area contributed by atoms with Gasteiger partial charge in [0.2, 0.25) is 0 Å². The fraction of sp³-hybridized carbons (Fsp3) is 0.238. The maximum absolute atomic E-state index is 13.0. The Morgan fingerprint density at radius 2 is 1.72 bits per heavy atom. The first kappa shape index (κ1) is 23.1. The molecule has 1 aromatic heterocycles. The van der Waals surface area contributed by atoms with E-state index in [2.05, 4.69) is 5.32 Å². The highest BCUT2D eigenvalue weighted by Gasteiger charge is 2.31. The highest BCUT2D eigenvalue weighted by atomic mass is 35.5. The molecular formula is C21H16Cl2F3N3OS2. The van der Waals surface area contributed by atoms with Crippen molar-refractivity contribution >= 4 is 73.5 Å². The standard InChI is InChI=1S/C21H16Cl2F3N3OS2/c22-13-4-5-15-16(11-13)32-18(17(15)23)19(30)28-6-8-29(9-7-28)20(31)27-14-3-1-2-12(10-14)21(24,25)26/h1-5,10-11H,6-9H2,(H,27,31). The third-order valence-corrected chi connectivity index (χ3v) is 7.32. The largest absolute Gasteiger partial charge is 0.416 e. The quantitative estimate of drug-likeness (QED) is 0.400. The van der Waals surface area contributed by atoms with Crippen LogP contribution in [0.3, 0.4) is 0 Å². The lowest BCUT2D eigenvalue weighted by atomic mass is 10.2. The van der Waals surface area contributed by atoms with Gasteiger partial charge < -0.3 is 15.1 Å². The molecule has 1 fully saturated rings. The molecular weight excluding hydrogens is 502 g/mol. The van der Waals surface area contributed by atoms with Crippen LogP contribution in [0.5, 0.6) is 0 Å². The van der Waals surface area contributed by atoms with Gasteiger partial charge in [0, 0.05) is 47.0 Å².